The Labute approximate surface area is 267 Å². The van der Waals surface area contributed by atoms with E-state index in [4.69, 9.17) is 4.98 Å². The van der Waals surface area contributed by atoms with Crippen LogP contribution in [0.25, 0.3) is 87.7 Å². The van der Waals surface area contributed by atoms with E-state index in [1.54, 1.807) is 6.20 Å². The Morgan fingerprint density at radius 2 is 0.957 bits per heavy atom. The van der Waals surface area contributed by atoms with Gasteiger partial charge in [-0.25, -0.2) is 0 Å². The summed E-state index contributed by atoms with van der Waals surface area (Å²) in [7, 11) is 0. The average molecular weight is 585 g/mol. The smallest absolute Gasteiger partial charge is 0.0717 e. The van der Waals surface area contributed by atoms with Crippen molar-refractivity contribution < 1.29 is 0 Å². The Morgan fingerprint density at radius 3 is 1.63 bits per heavy atom. The first-order valence-corrected chi connectivity index (χ1v) is 15.6. The first kappa shape index (κ1) is 26.3. The lowest BCUT2D eigenvalue weighted by atomic mass is 9.84. The van der Waals surface area contributed by atoms with Crippen LogP contribution in [0.5, 0.6) is 0 Å². The number of pyridine rings is 2. The molecule has 0 N–H and O–H groups in total. The Balaban J connectivity index is 1.28. The Kier molecular flexibility index (Phi) is 6.17. The van der Waals surface area contributed by atoms with Crippen molar-refractivity contribution in [2.45, 2.75) is 0 Å². The van der Waals surface area contributed by atoms with Crippen LogP contribution < -0.4 is 0 Å². The lowest BCUT2D eigenvalue weighted by molar-refractivity contribution is 1.28. The predicted molar refractivity (Wildman–Crippen MR) is 194 cm³/mol. The van der Waals surface area contributed by atoms with E-state index in [-0.39, 0.29) is 0 Å². The van der Waals surface area contributed by atoms with Gasteiger partial charge in [-0.05, 0) is 95.2 Å². The molecule has 7 aromatic carbocycles. The van der Waals surface area contributed by atoms with Gasteiger partial charge in [-0.3, -0.25) is 9.97 Å². The van der Waals surface area contributed by atoms with E-state index in [2.05, 4.69) is 145 Å². The molecular formula is C44H28N2. The van der Waals surface area contributed by atoms with E-state index in [9.17, 15) is 0 Å². The Hall–Kier alpha value is -6.12. The fraction of sp³-hybridized carbons (Fsp3) is 0. The van der Waals surface area contributed by atoms with Crippen LogP contribution in [0.1, 0.15) is 0 Å². The van der Waals surface area contributed by atoms with Gasteiger partial charge < -0.3 is 0 Å². The zero-order valence-corrected chi connectivity index (χ0v) is 25.1. The van der Waals surface area contributed by atoms with Crippen molar-refractivity contribution in [2.75, 3.05) is 0 Å². The summed E-state index contributed by atoms with van der Waals surface area (Å²) in [5, 5.41) is 9.97. The van der Waals surface area contributed by atoms with Gasteiger partial charge in [-0.2, -0.15) is 0 Å². The van der Waals surface area contributed by atoms with Gasteiger partial charge in [0, 0.05) is 29.7 Å². The van der Waals surface area contributed by atoms with E-state index in [1.165, 1.54) is 70.9 Å². The summed E-state index contributed by atoms with van der Waals surface area (Å²) in [4.78, 5) is 9.07. The predicted octanol–water partition coefficient (Wildman–Crippen LogP) is 11.8. The van der Waals surface area contributed by atoms with Crippen molar-refractivity contribution in [3.05, 3.63) is 170 Å². The van der Waals surface area contributed by atoms with Crippen molar-refractivity contribution in [1.82, 2.24) is 9.97 Å². The maximum Gasteiger partial charge on any atom is 0.0717 e. The van der Waals surface area contributed by atoms with E-state index in [0.29, 0.717) is 0 Å². The van der Waals surface area contributed by atoms with Crippen molar-refractivity contribution in [2.24, 2.45) is 0 Å². The first-order valence-electron chi connectivity index (χ1n) is 15.6. The molecule has 0 fully saturated rings. The zero-order chi connectivity index (χ0) is 30.5. The SMILES string of the molecule is c1cncc(-c2ccc(-c3cccc4c(-c5c6ccccc6c(-c6ccc7ccccc7c6)c6ccccc56)cccc34)cn2)c1. The molecule has 0 bridgehead atoms. The summed E-state index contributed by atoms with van der Waals surface area (Å²) in [6, 6.07) is 54.8. The number of hydrogen-bond donors (Lipinski definition) is 0. The van der Waals surface area contributed by atoms with E-state index in [0.717, 1.165) is 16.8 Å². The molecule has 9 rings (SSSR count). The van der Waals surface area contributed by atoms with Crippen LogP contribution in [0.3, 0.4) is 0 Å². The summed E-state index contributed by atoms with van der Waals surface area (Å²) in [6.45, 7) is 0. The second-order valence-electron chi connectivity index (χ2n) is 11.8. The molecule has 9 aromatic rings. The van der Waals surface area contributed by atoms with Crippen molar-refractivity contribution >= 4 is 43.1 Å². The maximum absolute atomic E-state index is 4.81. The highest BCUT2D eigenvalue weighted by Crippen LogP contribution is 2.46. The topological polar surface area (TPSA) is 25.8 Å². The third-order valence-electron chi connectivity index (χ3n) is 9.19. The number of rotatable bonds is 4. The number of hydrogen-bond acceptors (Lipinski definition) is 2. The molecule has 0 amide bonds. The fourth-order valence-electron chi connectivity index (χ4n) is 7.09. The van der Waals surface area contributed by atoms with Crippen LogP contribution in [0.2, 0.25) is 0 Å². The van der Waals surface area contributed by atoms with Crippen molar-refractivity contribution in [1.29, 1.82) is 0 Å². The van der Waals surface area contributed by atoms with Gasteiger partial charge in [-0.1, -0.05) is 127 Å². The molecule has 0 aliphatic heterocycles. The normalized spacial score (nSPS) is 11.5. The molecule has 0 aliphatic rings. The van der Waals surface area contributed by atoms with Crippen LogP contribution in [0, 0.1) is 0 Å². The van der Waals surface area contributed by atoms with Gasteiger partial charge in [0.1, 0.15) is 0 Å². The summed E-state index contributed by atoms with van der Waals surface area (Å²) >= 11 is 0. The minimum atomic E-state index is 0.919. The molecule has 0 saturated heterocycles. The van der Waals surface area contributed by atoms with E-state index < -0.39 is 0 Å². The highest BCUT2D eigenvalue weighted by atomic mass is 14.7. The molecule has 0 saturated carbocycles. The highest BCUT2D eigenvalue weighted by Gasteiger charge is 2.18. The summed E-state index contributed by atoms with van der Waals surface area (Å²) < 4.78 is 0. The third-order valence-corrected chi connectivity index (χ3v) is 9.19. The summed E-state index contributed by atoms with van der Waals surface area (Å²) in [5.74, 6) is 0. The van der Waals surface area contributed by atoms with Gasteiger partial charge in [0.25, 0.3) is 0 Å². The number of fused-ring (bicyclic) bond motifs is 4. The number of aromatic nitrogens is 2. The summed E-state index contributed by atoms with van der Waals surface area (Å²) in [5.41, 5.74) is 9.21. The van der Waals surface area contributed by atoms with E-state index >= 15 is 0 Å². The van der Waals surface area contributed by atoms with Gasteiger partial charge in [0.2, 0.25) is 0 Å². The average Bonchev–Trinajstić information content (AvgIpc) is 3.13. The monoisotopic (exact) mass is 584 g/mol. The molecule has 0 radical (unpaired) electrons. The molecule has 0 aliphatic carbocycles. The van der Waals surface area contributed by atoms with Crippen molar-refractivity contribution in [3.63, 3.8) is 0 Å². The Morgan fingerprint density at radius 1 is 0.348 bits per heavy atom. The molecule has 2 nitrogen and oxygen atoms in total. The second-order valence-corrected chi connectivity index (χ2v) is 11.8. The Bertz CT molecular complexity index is 2510. The zero-order valence-electron chi connectivity index (χ0n) is 25.1. The lowest BCUT2D eigenvalue weighted by Gasteiger charge is -2.19. The van der Waals surface area contributed by atoms with Gasteiger partial charge in [0.05, 0.1) is 5.69 Å². The number of benzene rings is 7. The molecule has 0 unspecified atom stereocenters. The van der Waals surface area contributed by atoms with Crippen LogP contribution in [0.4, 0.5) is 0 Å². The van der Waals surface area contributed by atoms with Gasteiger partial charge >= 0.3 is 0 Å². The molecule has 2 heteroatoms. The second kappa shape index (κ2) is 10.8. The third kappa shape index (κ3) is 4.27. The van der Waals surface area contributed by atoms with Crippen LogP contribution in [-0.4, -0.2) is 9.97 Å². The molecule has 46 heavy (non-hydrogen) atoms. The standard InChI is InChI=1S/C44H28N2/c1-2-11-30-26-31(22-21-29(30)10-1)43-38-13-3-5-15-40(38)44(41-16-6-4-14-39(41)43)37-20-8-18-35-34(17-7-19-36(35)37)32-23-24-42(46-28-32)33-12-9-25-45-27-33/h1-28H. The van der Waals surface area contributed by atoms with E-state index in [1.807, 2.05) is 24.5 Å². The highest BCUT2D eigenvalue weighted by molar-refractivity contribution is 6.24. The van der Waals surface area contributed by atoms with Crippen molar-refractivity contribution in [3.8, 4) is 44.6 Å². The molecular weight excluding hydrogens is 556 g/mol. The van der Waals surface area contributed by atoms with Gasteiger partial charge in [0.15, 0.2) is 0 Å². The van der Waals surface area contributed by atoms with Crippen LogP contribution >= 0.6 is 0 Å². The molecule has 0 spiro atoms. The lowest BCUT2D eigenvalue weighted by Crippen LogP contribution is -1.92. The summed E-state index contributed by atoms with van der Waals surface area (Å²) in [6.07, 6.45) is 5.62. The van der Waals surface area contributed by atoms with Crippen LogP contribution in [-0.2, 0) is 0 Å². The minimum absolute atomic E-state index is 0.919. The molecule has 214 valence electrons. The minimum Gasteiger partial charge on any atom is -0.264 e. The largest absolute Gasteiger partial charge is 0.264 e. The molecule has 2 heterocycles. The maximum atomic E-state index is 4.81. The first-order chi connectivity index (χ1) is 22.8. The van der Waals surface area contributed by atoms with Gasteiger partial charge in [-0.15, -0.1) is 0 Å². The molecule has 0 atom stereocenters. The molecule has 2 aromatic heterocycles. The van der Waals surface area contributed by atoms with Crippen LogP contribution in [0.15, 0.2) is 170 Å². The fourth-order valence-corrected chi connectivity index (χ4v) is 7.09. The quantitative estimate of drug-likeness (QED) is 0.192. The number of nitrogens with zero attached hydrogens (tertiary/aromatic N) is 2.